The van der Waals surface area contributed by atoms with Gasteiger partial charge in [0, 0.05) is 48.3 Å². The molecule has 1 aromatic carbocycles. The lowest BCUT2D eigenvalue weighted by Gasteiger charge is -2.31. The summed E-state index contributed by atoms with van der Waals surface area (Å²) in [5, 5.41) is 19.4. The van der Waals surface area contributed by atoms with Gasteiger partial charge in [-0.2, -0.15) is 11.8 Å². The molecule has 6 nitrogen and oxygen atoms in total. The fourth-order valence-electron chi connectivity index (χ4n) is 3.23. The van der Waals surface area contributed by atoms with Crippen molar-refractivity contribution in [1.82, 2.24) is 9.47 Å². The Balaban J connectivity index is 2.06. The average Bonchev–Trinajstić information content (AvgIpc) is 2.91. The molecule has 8 heteroatoms. The second-order valence-corrected chi connectivity index (χ2v) is 7.20. The number of aliphatic carboxylic acids is 2. The average molecular weight is 366 g/mol. The highest BCUT2D eigenvalue weighted by molar-refractivity contribution is 7.99. The summed E-state index contributed by atoms with van der Waals surface area (Å²) in [7, 11) is 0. The molecule has 0 spiro atoms. The van der Waals surface area contributed by atoms with Crippen LogP contribution in [0.2, 0.25) is 0 Å². The predicted octanol–water partition coefficient (Wildman–Crippen LogP) is 2.43. The van der Waals surface area contributed by atoms with Gasteiger partial charge in [0.05, 0.1) is 11.9 Å². The van der Waals surface area contributed by atoms with Gasteiger partial charge in [-0.1, -0.05) is 0 Å². The van der Waals surface area contributed by atoms with Crippen molar-refractivity contribution < 1.29 is 24.2 Å². The molecule has 0 radical (unpaired) electrons. The number of benzene rings is 1. The highest BCUT2D eigenvalue weighted by atomic mass is 32.2. The molecular formula is C17H19FN2O4S. The van der Waals surface area contributed by atoms with E-state index in [-0.39, 0.29) is 13.0 Å². The standard InChI is InChI=1S/C17H19FN2O4S/c18-11-1-2-12-13(10-20(14(12)9-11)4-3-15(21)22)16(17(23)24)19-5-7-25-8-6-19/h1-2,9-10,16H,3-8H2,(H,21,22)(H,23,24)/t16-/m1/s1. The van der Waals surface area contributed by atoms with Crippen molar-refractivity contribution in [2.45, 2.75) is 19.0 Å². The molecular weight excluding hydrogens is 347 g/mol. The summed E-state index contributed by atoms with van der Waals surface area (Å²) < 4.78 is 15.3. The number of nitrogens with zero attached hydrogens (tertiary/aromatic N) is 2. The lowest BCUT2D eigenvalue weighted by Crippen LogP contribution is -2.39. The normalized spacial score (nSPS) is 16.8. The highest BCUT2D eigenvalue weighted by Crippen LogP contribution is 2.32. The fraction of sp³-hybridized carbons (Fsp3) is 0.412. The first-order valence-electron chi connectivity index (χ1n) is 8.02. The Kier molecular flexibility index (Phi) is 5.29. The van der Waals surface area contributed by atoms with Gasteiger partial charge in [-0.3, -0.25) is 14.5 Å². The van der Waals surface area contributed by atoms with Crippen LogP contribution in [0.25, 0.3) is 10.9 Å². The topological polar surface area (TPSA) is 82.8 Å². The van der Waals surface area contributed by atoms with Gasteiger partial charge in [0.1, 0.15) is 11.9 Å². The Morgan fingerprint density at radius 2 is 1.96 bits per heavy atom. The van der Waals surface area contributed by atoms with Gasteiger partial charge in [-0.25, -0.2) is 4.39 Å². The van der Waals surface area contributed by atoms with E-state index in [4.69, 9.17) is 5.11 Å². The molecule has 0 bridgehead atoms. The van der Waals surface area contributed by atoms with Crippen molar-refractivity contribution in [1.29, 1.82) is 0 Å². The fourth-order valence-corrected chi connectivity index (χ4v) is 4.17. The third-order valence-corrected chi connectivity index (χ3v) is 5.32. The molecule has 25 heavy (non-hydrogen) atoms. The second-order valence-electron chi connectivity index (χ2n) is 5.97. The number of hydrogen-bond acceptors (Lipinski definition) is 4. The summed E-state index contributed by atoms with van der Waals surface area (Å²) >= 11 is 1.79. The van der Waals surface area contributed by atoms with E-state index in [0.717, 1.165) is 11.5 Å². The van der Waals surface area contributed by atoms with Crippen LogP contribution in [0.4, 0.5) is 4.39 Å². The van der Waals surface area contributed by atoms with Crippen molar-refractivity contribution in [2.24, 2.45) is 0 Å². The maximum Gasteiger partial charge on any atom is 0.325 e. The van der Waals surface area contributed by atoms with Gasteiger partial charge in [-0.15, -0.1) is 0 Å². The number of aryl methyl sites for hydroxylation is 1. The smallest absolute Gasteiger partial charge is 0.325 e. The summed E-state index contributed by atoms with van der Waals surface area (Å²) in [6.45, 7) is 1.51. The SMILES string of the molecule is O=C(O)CCn1cc([C@H](C(=O)O)N2CCSCC2)c2ccc(F)cc21. The van der Waals surface area contributed by atoms with Crippen molar-refractivity contribution in [2.75, 3.05) is 24.6 Å². The Morgan fingerprint density at radius 3 is 2.60 bits per heavy atom. The van der Waals surface area contributed by atoms with Crippen molar-refractivity contribution in [3.8, 4) is 0 Å². The lowest BCUT2D eigenvalue weighted by atomic mass is 10.0. The third-order valence-electron chi connectivity index (χ3n) is 4.38. The molecule has 3 rings (SSSR count). The summed E-state index contributed by atoms with van der Waals surface area (Å²) in [6, 6.07) is 3.38. The Hall–Kier alpha value is -2.06. The van der Waals surface area contributed by atoms with Crippen LogP contribution in [-0.4, -0.2) is 56.2 Å². The molecule has 1 aromatic heterocycles. The number of carboxylic acids is 2. The van der Waals surface area contributed by atoms with Crippen LogP contribution in [0.1, 0.15) is 18.0 Å². The molecule has 134 valence electrons. The van der Waals surface area contributed by atoms with Crippen LogP contribution in [0.15, 0.2) is 24.4 Å². The zero-order chi connectivity index (χ0) is 18.0. The Labute approximate surface area is 148 Å². The number of thioether (sulfide) groups is 1. The van der Waals surface area contributed by atoms with Gasteiger partial charge in [-0.05, 0) is 18.2 Å². The zero-order valence-corrected chi connectivity index (χ0v) is 14.3. The molecule has 0 unspecified atom stereocenters. The van der Waals surface area contributed by atoms with Crippen LogP contribution in [0.5, 0.6) is 0 Å². The summed E-state index contributed by atoms with van der Waals surface area (Å²) in [6.07, 6.45) is 1.55. The Morgan fingerprint density at radius 1 is 1.24 bits per heavy atom. The largest absolute Gasteiger partial charge is 0.481 e. The van der Waals surface area contributed by atoms with Crippen LogP contribution < -0.4 is 0 Å². The molecule has 1 aliphatic rings. The summed E-state index contributed by atoms with van der Waals surface area (Å²) in [5.41, 5.74) is 1.11. The minimum absolute atomic E-state index is 0.113. The molecule has 2 heterocycles. The summed E-state index contributed by atoms with van der Waals surface area (Å²) in [5.74, 6) is -0.599. The van der Waals surface area contributed by atoms with Crippen molar-refractivity contribution in [3.63, 3.8) is 0 Å². The van der Waals surface area contributed by atoms with Gasteiger partial charge in [0.25, 0.3) is 0 Å². The van der Waals surface area contributed by atoms with E-state index in [1.54, 1.807) is 28.6 Å². The van der Waals surface area contributed by atoms with E-state index in [9.17, 15) is 19.1 Å². The van der Waals surface area contributed by atoms with Gasteiger partial charge < -0.3 is 14.8 Å². The number of rotatable bonds is 6. The molecule has 2 N–H and O–H groups in total. The number of carboxylic acid groups (broad SMARTS) is 2. The van der Waals surface area contributed by atoms with Gasteiger partial charge >= 0.3 is 11.9 Å². The van der Waals surface area contributed by atoms with Gasteiger partial charge in [0.2, 0.25) is 0 Å². The zero-order valence-electron chi connectivity index (χ0n) is 13.5. The number of fused-ring (bicyclic) bond motifs is 1. The van der Waals surface area contributed by atoms with Crippen LogP contribution in [-0.2, 0) is 16.1 Å². The first kappa shape index (κ1) is 17.8. The van der Waals surface area contributed by atoms with Gasteiger partial charge in [0.15, 0.2) is 0 Å². The number of halogens is 1. The predicted molar refractivity (Wildman–Crippen MR) is 93.4 cm³/mol. The maximum absolute atomic E-state index is 13.7. The molecule has 1 fully saturated rings. The summed E-state index contributed by atoms with van der Waals surface area (Å²) in [4.78, 5) is 24.8. The van der Waals surface area contributed by atoms with E-state index in [0.29, 0.717) is 29.6 Å². The van der Waals surface area contributed by atoms with E-state index < -0.39 is 23.8 Å². The molecule has 0 aliphatic carbocycles. The minimum atomic E-state index is -0.956. The van der Waals surface area contributed by atoms with E-state index >= 15 is 0 Å². The molecule has 0 saturated carbocycles. The first-order chi connectivity index (χ1) is 12.0. The van der Waals surface area contributed by atoms with Crippen molar-refractivity contribution in [3.05, 3.63) is 35.8 Å². The maximum atomic E-state index is 13.7. The molecule has 1 saturated heterocycles. The van der Waals surface area contributed by atoms with E-state index in [1.165, 1.54) is 12.1 Å². The third kappa shape index (κ3) is 3.80. The first-order valence-corrected chi connectivity index (χ1v) is 9.17. The number of carbonyl (C=O) groups is 2. The monoisotopic (exact) mass is 366 g/mol. The van der Waals surface area contributed by atoms with Crippen molar-refractivity contribution >= 4 is 34.6 Å². The highest BCUT2D eigenvalue weighted by Gasteiger charge is 2.31. The molecule has 1 aliphatic heterocycles. The van der Waals surface area contributed by atoms with Crippen LogP contribution in [0.3, 0.4) is 0 Å². The van der Waals surface area contributed by atoms with E-state index in [1.807, 2.05) is 4.90 Å². The van der Waals surface area contributed by atoms with Crippen LogP contribution >= 0.6 is 11.8 Å². The quantitative estimate of drug-likeness (QED) is 0.817. The molecule has 1 atom stereocenters. The Bertz CT molecular complexity index is 801. The lowest BCUT2D eigenvalue weighted by molar-refractivity contribution is -0.143. The molecule has 2 aromatic rings. The second kappa shape index (κ2) is 7.45. The number of aromatic nitrogens is 1. The number of hydrogen-bond donors (Lipinski definition) is 2. The minimum Gasteiger partial charge on any atom is -0.481 e. The molecule has 0 amide bonds. The van der Waals surface area contributed by atoms with Crippen LogP contribution in [0, 0.1) is 5.82 Å². The van der Waals surface area contributed by atoms with E-state index in [2.05, 4.69) is 0 Å².